The average molecular weight is 472 g/mol. The van der Waals surface area contributed by atoms with E-state index < -0.39 is 11.6 Å². The van der Waals surface area contributed by atoms with E-state index in [2.05, 4.69) is 30.5 Å². The van der Waals surface area contributed by atoms with Gasteiger partial charge in [-0.15, -0.1) is 10.2 Å². The van der Waals surface area contributed by atoms with Crippen molar-refractivity contribution in [2.45, 2.75) is 38.8 Å². The number of aromatic nitrogens is 5. The SMILES string of the molecule is COc1cc(N2C[C@H]3CC[C@@H](C2)C3Nc2nc(Oc3cccc(F)c3F)n(C(C)C)n2)cnn1. The van der Waals surface area contributed by atoms with Gasteiger partial charge in [-0.2, -0.15) is 14.5 Å². The highest BCUT2D eigenvalue weighted by molar-refractivity contribution is 5.48. The van der Waals surface area contributed by atoms with Crippen molar-refractivity contribution >= 4 is 11.6 Å². The third-order valence-electron chi connectivity index (χ3n) is 6.53. The van der Waals surface area contributed by atoms with Crippen LogP contribution in [0.3, 0.4) is 0 Å². The van der Waals surface area contributed by atoms with Crippen molar-refractivity contribution in [1.29, 1.82) is 0 Å². The summed E-state index contributed by atoms with van der Waals surface area (Å²) in [6, 6.07) is 5.94. The molecule has 0 amide bonds. The number of halogens is 2. The van der Waals surface area contributed by atoms with Crippen LogP contribution in [0.1, 0.15) is 32.7 Å². The number of nitrogens with one attached hydrogen (secondary N) is 1. The minimum Gasteiger partial charge on any atom is -0.480 e. The van der Waals surface area contributed by atoms with Crippen molar-refractivity contribution in [3.05, 3.63) is 42.1 Å². The second kappa shape index (κ2) is 9.03. The maximum absolute atomic E-state index is 14.1. The Morgan fingerprint density at radius 3 is 2.62 bits per heavy atom. The Morgan fingerprint density at radius 2 is 1.91 bits per heavy atom. The van der Waals surface area contributed by atoms with Crippen molar-refractivity contribution in [2.24, 2.45) is 11.8 Å². The molecule has 11 heteroatoms. The summed E-state index contributed by atoms with van der Waals surface area (Å²) in [6.07, 6.45) is 3.95. The van der Waals surface area contributed by atoms with E-state index in [1.54, 1.807) is 18.0 Å². The lowest BCUT2D eigenvalue weighted by molar-refractivity contribution is 0.352. The predicted molar refractivity (Wildman–Crippen MR) is 121 cm³/mol. The number of fused-ring (bicyclic) bond motifs is 2. The van der Waals surface area contributed by atoms with Gasteiger partial charge in [-0.05, 0) is 50.7 Å². The molecule has 5 rings (SSSR count). The lowest BCUT2D eigenvalue weighted by Gasteiger charge is -2.39. The molecule has 0 spiro atoms. The number of anilines is 2. The molecular weight excluding hydrogens is 444 g/mol. The van der Waals surface area contributed by atoms with Gasteiger partial charge in [0.05, 0.1) is 25.0 Å². The zero-order chi connectivity index (χ0) is 23.8. The fourth-order valence-electron chi connectivity index (χ4n) is 4.87. The summed E-state index contributed by atoms with van der Waals surface area (Å²) in [6.45, 7) is 5.58. The van der Waals surface area contributed by atoms with Crippen LogP contribution in [0.5, 0.6) is 17.6 Å². The lowest BCUT2D eigenvalue weighted by atomic mass is 9.92. The lowest BCUT2D eigenvalue weighted by Crippen LogP contribution is -2.48. The molecule has 2 bridgehead atoms. The zero-order valence-corrected chi connectivity index (χ0v) is 19.3. The first kappa shape index (κ1) is 22.3. The van der Waals surface area contributed by atoms with Crippen LogP contribution in [0.15, 0.2) is 30.5 Å². The molecule has 1 saturated heterocycles. The second-order valence-electron chi connectivity index (χ2n) is 9.04. The largest absolute Gasteiger partial charge is 0.480 e. The zero-order valence-electron chi connectivity index (χ0n) is 19.3. The van der Waals surface area contributed by atoms with Gasteiger partial charge < -0.3 is 19.7 Å². The maximum Gasteiger partial charge on any atom is 0.322 e. The van der Waals surface area contributed by atoms with Crippen LogP contribution in [-0.2, 0) is 0 Å². The summed E-state index contributed by atoms with van der Waals surface area (Å²) in [5.41, 5.74) is 0.997. The van der Waals surface area contributed by atoms with Crippen molar-refractivity contribution in [1.82, 2.24) is 25.0 Å². The fourth-order valence-corrected chi connectivity index (χ4v) is 4.87. The molecule has 1 aliphatic heterocycles. The van der Waals surface area contributed by atoms with E-state index in [1.165, 1.54) is 12.1 Å². The summed E-state index contributed by atoms with van der Waals surface area (Å²) in [4.78, 5) is 6.79. The quantitative estimate of drug-likeness (QED) is 0.552. The molecule has 1 saturated carbocycles. The minimum absolute atomic E-state index is 0.0811. The summed E-state index contributed by atoms with van der Waals surface area (Å²) >= 11 is 0. The smallest absolute Gasteiger partial charge is 0.322 e. The van der Waals surface area contributed by atoms with Gasteiger partial charge in [0.15, 0.2) is 11.6 Å². The number of hydrogen-bond donors (Lipinski definition) is 1. The van der Waals surface area contributed by atoms with Gasteiger partial charge in [0.1, 0.15) is 0 Å². The van der Waals surface area contributed by atoms with Crippen LogP contribution in [0.2, 0.25) is 0 Å². The molecule has 3 atom stereocenters. The Morgan fingerprint density at radius 1 is 1.15 bits per heavy atom. The Balaban J connectivity index is 1.33. The number of benzene rings is 1. The van der Waals surface area contributed by atoms with E-state index >= 15 is 0 Å². The van der Waals surface area contributed by atoms with Crippen LogP contribution in [0.4, 0.5) is 20.4 Å². The van der Waals surface area contributed by atoms with Crippen LogP contribution < -0.4 is 19.7 Å². The summed E-state index contributed by atoms with van der Waals surface area (Å²) in [7, 11) is 1.58. The standard InChI is InChI=1S/C23H27F2N7O2/c1-13(2)32-23(34-18-6-4-5-17(24)20(18)25)28-22(30-32)27-21-14-7-8-15(21)12-31(11-14)16-9-19(33-3)29-26-10-16/h4-6,9-10,13-15,21H,7-8,11-12H2,1-3H3,(H,27,30)/t14-,15+,21?. The molecule has 1 aliphatic carbocycles. The minimum atomic E-state index is -1.05. The maximum atomic E-state index is 14.1. The van der Waals surface area contributed by atoms with Gasteiger partial charge >= 0.3 is 6.01 Å². The molecule has 0 radical (unpaired) electrons. The van der Waals surface area contributed by atoms with Crippen LogP contribution in [0, 0.1) is 23.5 Å². The number of rotatable bonds is 7. The molecule has 3 aromatic rings. The molecule has 3 heterocycles. The fraction of sp³-hybridized carbons (Fsp3) is 0.478. The van der Waals surface area contributed by atoms with Crippen molar-refractivity contribution < 1.29 is 18.3 Å². The molecule has 1 aromatic carbocycles. The first-order chi connectivity index (χ1) is 16.4. The Labute approximate surface area is 196 Å². The predicted octanol–water partition coefficient (Wildman–Crippen LogP) is 4.06. The third kappa shape index (κ3) is 4.22. The third-order valence-corrected chi connectivity index (χ3v) is 6.53. The first-order valence-electron chi connectivity index (χ1n) is 11.4. The van der Waals surface area contributed by atoms with Gasteiger partial charge in [-0.1, -0.05) is 6.07 Å². The van der Waals surface area contributed by atoms with Gasteiger partial charge in [0.25, 0.3) is 0 Å². The molecule has 34 heavy (non-hydrogen) atoms. The van der Waals surface area contributed by atoms with Crippen molar-refractivity contribution in [3.8, 4) is 17.6 Å². The highest BCUT2D eigenvalue weighted by Crippen LogP contribution is 2.40. The van der Waals surface area contributed by atoms with Crippen LogP contribution in [-0.4, -0.2) is 51.2 Å². The van der Waals surface area contributed by atoms with Crippen molar-refractivity contribution in [2.75, 3.05) is 30.4 Å². The number of methoxy groups -OCH3 is 1. The summed E-state index contributed by atoms with van der Waals surface area (Å²) in [5, 5.41) is 16.0. The molecular formula is C23H27F2N7O2. The molecule has 180 valence electrons. The Hall–Kier alpha value is -3.50. The molecule has 1 unspecified atom stereocenters. The van der Waals surface area contributed by atoms with Crippen molar-refractivity contribution in [3.63, 3.8) is 0 Å². The molecule has 9 nitrogen and oxygen atoms in total. The van der Waals surface area contributed by atoms with E-state index in [-0.39, 0.29) is 23.8 Å². The molecule has 2 aliphatic rings. The summed E-state index contributed by atoms with van der Waals surface area (Å²) in [5.74, 6) is -0.544. The van der Waals surface area contributed by atoms with E-state index in [0.29, 0.717) is 23.7 Å². The Kier molecular flexibility index (Phi) is 5.93. The van der Waals surface area contributed by atoms with Gasteiger partial charge in [-0.25, -0.2) is 9.07 Å². The highest BCUT2D eigenvalue weighted by Gasteiger charge is 2.43. The van der Waals surface area contributed by atoms with Crippen LogP contribution >= 0.6 is 0 Å². The molecule has 2 aromatic heterocycles. The molecule has 2 fully saturated rings. The van der Waals surface area contributed by atoms with E-state index in [4.69, 9.17) is 9.47 Å². The topological polar surface area (TPSA) is 90.2 Å². The van der Waals surface area contributed by atoms with Crippen LogP contribution in [0.25, 0.3) is 0 Å². The van der Waals surface area contributed by atoms with Gasteiger partial charge in [-0.3, -0.25) is 0 Å². The Bertz CT molecular complexity index is 1160. The van der Waals surface area contributed by atoms with E-state index in [0.717, 1.165) is 37.7 Å². The number of piperidine rings is 1. The second-order valence-corrected chi connectivity index (χ2v) is 9.04. The average Bonchev–Trinajstić information content (AvgIpc) is 3.32. The number of ether oxygens (including phenoxy) is 2. The number of hydrogen-bond acceptors (Lipinski definition) is 8. The monoisotopic (exact) mass is 471 g/mol. The van der Waals surface area contributed by atoms with E-state index in [9.17, 15) is 8.78 Å². The van der Waals surface area contributed by atoms with E-state index in [1.807, 2.05) is 19.9 Å². The summed E-state index contributed by atoms with van der Waals surface area (Å²) < 4.78 is 40.2. The first-order valence-corrected chi connectivity index (χ1v) is 11.4. The normalized spacial score (nSPS) is 21.7. The van der Waals surface area contributed by atoms with Gasteiger partial charge in [0, 0.05) is 25.2 Å². The van der Waals surface area contributed by atoms with Gasteiger partial charge in [0.2, 0.25) is 17.6 Å². The highest BCUT2D eigenvalue weighted by atomic mass is 19.2. The molecule has 1 N–H and O–H groups in total. The number of nitrogens with zero attached hydrogens (tertiary/aromatic N) is 6.